The maximum absolute atomic E-state index is 12.5. The molecule has 78 heavy (non-hydrogen) atoms. The number of rotatable bonds is 67. The van der Waals surface area contributed by atoms with Crippen molar-refractivity contribution >= 4 is 11.9 Å². The molecule has 2 atom stereocenters. The van der Waals surface area contributed by atoms with Gasteiger partial charge in [-0.15, -0.1) is 0 Å². The number of aliphatic hydroxyl groups is 2. The molecule has 0 aromatic heterocycles. The Morgan fingerprint density at radius 1 is 0.346 bits per heavy atom. The lowest BCUT2D eigenvalue weighted by atomic mass is 10.0. The predicted molar refractivity (Wildman–Crippen MR) is 343 cm³/mol. The number of carbonyl (C=O) groups is 2. The minimum Gasteiger partial charge on any atom is -0.466 e. The van der Waals surface area contributed by atoms with Crippen molar-refractivity contribution in [3.05, 3.63) is 24.3 Å². The van der Waals surface area contributed by atoms with E-state index in [2.05, 4.69) is 31.3 Å². The number of hydrogen-bond acceptors (Lipinski definition) is 5. The van der Waals surface area contributed by atoms with Crippen LogP contribution in [-0.4, -0.2) is 47.4 Å². The Hall–Kier alpha value is -1.66. The molecule has 0 heterocycles. The number of ether oxygens (including phenoxy) is 1. The van der Waals surface area contributed by atoms with Gasteiger partial charge in [-0.2, -0.15) is 0 Å². The average molecular weight is 1100 g/mol. The standard InChI is InChI=1S/C72H139NO5/c1-3-5-7-9-11-13-15-16-17-18-19-29-32-35-38-41-45-48-52-56-60-64-70(75)69(68-74)73-71(76)65-61-57-53-49-46-42-39-36-33-30-27-25-23-21-20-22-24-26-28-31-34-37-40-43-47-51-55-59-63-67-78-72(77)66-62-58-54-50-44-14-12-10-8-6-4-2/h20,22,60,64,69-70,74-75H,3-19,21,23-59,61-63,65-68H2,1-2H3,(H,73,76)/b22-20-,64-60+. The van der Waals surface area contributed by atoms with Crippen LogP contribution in [0.15, 0.2) is 24.3 Å². The van der Waals surface area contributed by atoms with Gasteiger partial charge in [0.05, 0.1) is 25.4 Å². The van der Waals surface area contributed by atoms with Crippen LogP contribution >= 0.6 is 0 Å². The first-order valence-corrected chi connectivity index (χ1v) is 35.6. The van der Waals surface area contributed by atoms with E-state index in [4.69, 9.17) is 4.74 Å². The number of carbonyl (C=O) groups excluding carboxylic acids is 2. The predicted octanol–water partition coefficient (Wildman–Crippen LogP) is 22.9. The highest BCUT2D eigenvalue weighted by Gasteiger charge is 2.18. The minimum atomic E-state index is -0.845. The Labute approximate surface area is 488 Å². The molecule has 3 N–H and O–H groups in total. The maximum atomic E-state index is 12.5. The molecule has 0 rings (SSSR count). The van der Waals surface area contributed by atoms with Crippen LogP contribution in [0.1, 0.15) is 399 Å². The van der Waals surface area contributed by atoms with Gasteiger partial charge in [0, 0.05) is 12.8 Å². The third-order valence-corrected chi connectivity index (χ3v) is 16.7. The van der Waals surface area contributed by atoms with Crippen molar-refractivity contribution in [3.8, 4) is 0 Å². The monoisotopic (exact) mass is 1100 g/mol. The fourth-order valence-electron chi connectivity index (χ4n) is 11.3. The smallest absolute Gasteiger partial charge is 0.305 e. The molecule has 0 aliphatic rings. The van der Waals surface area contributed by atoms with Crippen LogP contribution in [0.5, 0.6) is 0 Å². The van der Waals surface area contributed by atoms with Gasteiger partial charge < -0.3 is 20.3 Å². The van der Waals surface area contributed by atoms with Gasteiger partial charge >= 0.3 is 5.97 Å². The van der Waals surface area contributed by atoms with E-state index >= 15 is 0 Å². The van der Waals surface area contributed by atoms with Crippen molar-refractivity contribution in [2.45, 2.75) is 411 Å². The van der Waals surface area contributed by atoms with Crippen molar-refractivity contribution in [1.29, 1.82) is 0 Å². The molecule has 6 nitrogen and oxygen atoms in total. The molecule has 0 saturated heterocycles. The van der Waals surface area contributed by atoms with E-state index in [1.807, 2.05) is 6.08 Å². The molecule has 0 saturated carbocycles. The molecule has 0 spiro atoms. The van der Waals surface area contributed by atoms with E-state index in [1.54, 1.807) is 6.08 Å². The van der Waals surface area contributed by atoms with Crippen molar-refractivity contribution in [1.82, 2.24) is 5.32 Å². The Bertz CT molecular complexity index is 1220. The largest absolute Gasteiger partial charge is 0.466 e. The summed E-state index contributed by atoms with van der Waals surface area (Å²) in [6.45, 7) is 4.94. The molecule has 0 radical (unpaired) electrons. The molecular formula is C72H139NO5. The van der Waals surface area contributed by atoms with Crippen LogP contribution in [0.3, 0.4) is 0 Å². The normalized spacial score (nSPS) is 12.6. The van der Waals surface area contributed by atoms with Gasteiger partial charge in [-0.3, -0.25) is 9.59 Å². The van der Waals surface area contributed by atoms with E-state index in [1.165, 1.54) is 334 Å². The average Bonchev–Trinajstić information content (AvgIpc) is 3.44. The first kappa shape index (κ1) is 76.3. The van der Waals surface area contributed by atoms with Crippen molar-refractivity contribution in [3.63, 3.8) is 0 Å². The van der Waals surface area contributed by atoms with Gasteiger partial charge in [-0.05, 0) is 57.8 Å². The van der Waals surface area contributed by atoms with Crippen molar-refractivity contribution in [2.24, 2.45) is 0 Å². The van der Waals surface area contributed by atoms with E-state index in [9.17, 15) is 19.8 Å². The highest BCUT2D eigenvalue weighted by Crippen LogP contribution is 2.19. The summed E-state index contributed by atoms with van der Waals surface area (Å²) in [7, 11) is 0. The lowest BCUT2D eigenvalue weighted by molar-refractivity contribution is -0.143. The molecule has 462 valence electrons. The summed E-state index contributed by atoms with van der Waals surface area (Å²) in [4.78, 5) is 24.5. The highest BCUT2D eigenvalue weighted by atomic mass is 16.5. The van der Waals surface area contributed by atoms with Crippen molar-refractivity contribution < 1.29 is 24.5 Å². The minimum absolute atomic E-state index is 0.0165. The van der Waals surface area contributed by atoms with Crippen LogP contribution in [0.4, 0.5) is 0 Å². The zero-order valence-electron chi connectivity index (χ0n) is 52.9. The zero-order valence-corrected chi connectivity index (χ0v) is 52.9. The lowest BCUT2D eigenvalue weighted by Gasteiger charge is -2.20. The van der Waals surface area contributed by atoms with Crippen LogP contribution in [-0.2, 0) is 14.3 Å². The number of allylic oxidation sites excluding steroid dienone is 3. The molecule has 0 bridgehead atoms. The second-order valence-corrected chi connectivity index (χ2v) is 24.6. The molecule has 0 aliphatic carbocycles. The zero-order chi connectivity index (χ0) is 56.4. The Morgan fingerprint density at radius 3 is 0.910 bits per heavy atom. The van der Waals surface area contributed by atoms with Gasteiger partial charge in [0.25, 0.3) is 0 Å². The second-order valence-electron chi connectivity index (χ2n) is 24.6. The molecular weight excluding hydrogens is 959 g/mol. The fourth-order valence-corrected chi connectivity index (χ4v) is 11.3. The van der Waals surface area contributed by atoms with Gasteiger partial charge in [-0.1, -0.05) is 353 Å². The number of aliphatic hydroxyl groups excluding tert-OH is 2. The Balaban J connectivity index is 3.40. The highest BCUT2D eigenvalue weighted by molar-refractivity contribution is 5.76. The number of nitrogens with one attached hydrogen (secondary N) is 1. The van der Waals surface area contributed by atoms with E-state index in [-0.39, 0.29) is 18.5 Å². The first-order valence-electron chi connectivity index (χ1n) is 35.6. The van der Waals surface area contributed by atoms with Crippen LogP contribution in [0, 0.1) is 0 Å². The summed E-state index contributed by atoms with van der Waals surface area (Å²) >= 11 is 0. The number of hydrogen-bond donors (Lipinski definition) is 3. The summed E-state index contributed by atoms with van der Waals surface area (Å²) in [6.07, 6.45) is 85.5. The molecule has 0 aromatic rings. The van der Waals surface area contributed by atoms with Gasteiger partial charge in [0.2, 0.25) is 5.91 Å². The Kier molecular flexibility index (Phi) is 66.4. The Morgan fingerprint density at radius 2 is 0.603 bits per heavy atom. The fraction of sp³-hybridized carbons (Fsp3) is 0.917. The quantitative estimate of drug-likeness (QED) is 0.0320. The summed E-state index contributed by atoms with van der Waals surface area (Å²) in [5.41, 5.74) is 0. The molecule has 0 aromatic carbocycles. The summed E-state index contributed by atoms with van der Waals surface area (Å²) in [5, 5.41) is 23.3. The summed E-state index contributed by atoms with van der Waals surface area (Å²) < 4.78 is 5.47. The van der Waals surface area contributed by atoms with E-state index < -0.39 is 12.1 Å². The third kappa shape index (κ3) is 63.5. The van der Waals surface area contributed by atoms with Gasteiger partial charge in [0.1, 0.15) is 0 Å². The topological polar surface area (TPSA) is 95.9 Å². The van der Waals surface area contributed by atoms with Gasteiger partial charge in [0.15, 0.2) is 0 Å². The number of unbranched alkanes of at least 4 members (excludes halogenated alkanes) is 54. The molecule has 6 heteroatoms. The molecule has 2 unspecified atom stereocenters. The SMILES string of the molecule is CCCCCCCCCCCCCCCCCCCCC/C=C/C(O)C(CO)NC(=O)CCCCCCCCCCCCCCC/C=C\CCCCCCCCCCCCCCOC(=O)CCCCCCCCCCCCC. The molecule has 0 aliphatic heterocycles. The number of amides is 1. The van der Waals surface area contributed by atoms with E-state index in [0.717, 1.165) is 38.5 Å². The van der Waals surface area contributed by atoms with Crippen LogP contribution < -0.4 is 5.32 Å². The van der Waals surface area contributed by atoms with Crippen molar-refractivity contribution in [2.75, 3.05) is 13.2 Å². The molecule has 1 amide bonds. The maximum Gasteiger partial charge on any atom is 0.305 e. The summed E-state index contributed by atoms with van der Waals surface area (Å²) in [6, 6.07) is -0.628. The van der Waals surface area contributed by atoms with Gasteiger partial charge in [-0.25, -0.2) is 0 Å². The molecule has 0 fully saturated rings. The van der Waals surface area contributed by atoms with Crippen LogP contribution in [0.2, 0.25) is 0 Å². The van der Waals surface area contributed by atoms with Crippen LogP contribution in [0.25, 0.3) is 0 Å². The first-order chi connectivity index (χ1) is 38.5. The number of esters is 1. The summed E-state index contributed by atoms with van der Waals surface area (Å²) in [5.74, 6) is -0.0465. The van der Waals surface area contributed by atoms with E-state index in [0.29, 0.717) is 19.4 Å². The second kappa shape index (κ2) is 67.8. The third-order valence-electron chi connectivity index (χ3n) is 16.7. The lowest BCUT2D eigenvalue weighted by Crippen LogP contribution is -2.45.